The second-order valence-electron chi connectivity index (χ2n) is 5.26. The number of nitrogens with zero attached hydrogens (tertiary/aromatic N) is 1. The molecule has 0 aliphatic carbocycles. The lowest BCUT2D eigenvalue weighted by atomic mass is 9.90. The molecule has 24 heavy (non-hydrogen) atoms. The molecule has 0 aromatic heterocycles. The standard InChI is InChI=1S/C17H13ClFN3O2/c1-17(16(21)24,12-3-2-4-13(18)8-12)22-15(23)10-5-6-14(19)11(7-10)9-20/h2-8H,1H3,(H2,21,24)(H,22,23)/t17-/m0/s1. The number of nitrogens with two attached hydrogens (primary N) is 1. The van der Waals surface area contributed by atoms with Crippen molar-refractivity contribution >= 4 is 23.4 Å². The van der Waals surface area contributed by atoms with Gasteiger partial charge in [-0.1, -0.05) is 23.7 Å². The van der Waals surface area contributed by atoms with Crippen LogP contribution < -0.4 is 11.1 Å². The summed E-state index contributed by atoms with van der Waals surface area (Å²) in [5.41, 5.74) is 4.09. The van der Waals surface area contributed by atoms with E-state index in [-0.39, 0.29) is 11.1 Å². The second-order valence-corrected chi connectivity index (χ2v) is 5.70. The summed E-state index contributed by atoms with van der Waals surface area (Å²) in [6.07, 6.45) is 0. The van der Waals surface area contributed by atoms with Crippen LogP contribution in [0.3, 0.4) is 0 Å². The molecule has 0 unspecified atom stereocenters. The van der Waals surface area contributed by atoms with Crippen LogP contribution in [-0.2, 0) is 10.3 Å². The Balaban J connectivity index is 2.40. The normalized spacial score (nSPS) is 12.8. The van der Waals surface area contributed by atoms with Gasteiger partial charge >= 0.3 is 0 Å². The van der Waals surface area contributed by atoms with Crippen LogP contribution >= 0.6 is 11.6 Å². The number of carbonyl (C=O) groups is 2. The number of halogens is 2. The van der Waals surface area contributed by atoms with E-state index in [0.29, 0.717) is 10.6 Å². The predicted molar refractivity (Wildman–Crippen MR) is 86.6 cm³/mol. The number of rotatable bonds is 4. The van der Waals surface area contributed by atoms with Gasteiger partial charge in [-0.15, -0.1) is 0 Å². The first-order valence-corrected chi connectivity index (χ1v) is 7.24. The van der Waals surface area contributed by atoms with Crippen molar-refractivity contribution in [3.05, 3.63) is 70.0 Å². The van der Waals surface area contributed by atoms with E-state index in [9.17, 15) is 14.0 Å². The maximum atomic E-state index is 13.4. The van der Waals surface area contributed by atoms with Gasteiger partial charge in [-0.2, -0.15) is 5.26 Å². The van der Waals surface area contributed by atoms with Gasteiger partial charge < -0.3 is 11.1 Å². The number of benzene rings is 2. The smallest absolute Gasteiger partial charge is 0.252 e. The van der Waals surface area contributed by atoms with E-state index in [1.807, 2.05) is 0 Å². The van der Waals surface area contributed by atoms with Gasteiger partial charge in [0, 0.05) is 10.6 Å². The molecule has 0 bridgehead atoms. The molecule has 7 heteroatoms. The molecule has 3 N–H and O–H groups in total. The van der Waals surface area contributed by atoms with Gasteiger partial charge in [0.1, 0.15) is 17.4 Å². The quantitative estimate of drug-likeness (QED) is 0.890. The van der Waals surface area contributed by atoms with E-state index in [1.54, 1.807) is 24.3 Å². The molecule has 2 aromatic carbocycles. The zero-order valence-corrected chi connectivity index (χ0v) is 13.4. The van der Waals surface area contributed by atoms with Gasteiger partial charge in [-0.3, -0.25) is 9.59 Å². The van der Waals surface area contributed by atoms with Crippen LogP contribution in [0.5, 0.6) is 0 Å². The Morgan fingerprint density at radius 1 is 1.29 bits per heavy atom. The van der Waals surface area contributed by atoms with E-state index >= 15 is 0 Å². The summed E-state index contributed by atoms with van der Waals surface area (Å²) in [6.45, 7) is 1.44. The summed E-state index contributed by atoms with van der Waals surface area (Å²) in [5.74, 6) is -2.20. The first kappa shape index (κ1) is 17.4. The Bertz CT molecular complexity index is 863. The van der Waals surface area contributed by atoms with Crippen LogP contribution in [0.4, 0.5) is 4.39 Å². The van der Waals surface area contributed by atoms with Gasteiger partial charge in [0.15, 0.2) is 0 Å². The number of amides is 2. The third-order valence-corrected chi connectivity index (χ3v) is 3.84. The second kappa shape index (κ2) is 6.69. The van der Waals surface area contributed by atoms with E-state index in [2.05, 4.69) is 5.32 Å². The predicted octanol–water partition coefficient (Wildman–Crippen LogP) is 2.48. The van der Waals surface area contributed by atoms with Crippen molar-refractivity contribution in [2.45, 2.75) is 12.5 Å². The van der Waals surface area contributed by atoms with Crippen molar-refractivity contribution in [3.8, 4) is 6.07 Å². The lowest BCUT2D eigenvalue weighted by molar-refractivity contribution is -0.123. The molecule has 2 amide bonds. The van der Waals surface area contributed by atoms with Crippen molar-refractivity contribution in [3.63, 3.8) is 0 Å². The third-order valence-electron chi connectivity index (χ3n) is 3.61. The third kappa shape index (κ3) is 3.36. The average molecular weight is 346 g/mol. The molecular formula is C17H13ClFN3O2. The summed E-state index contributed by atoms with van der Waals surface area (Å²) in [4.78, 5) is 24.3. The Hall–Kier alpha value is -2.91. The first-order valence-electron chi connectivity index (χ1n) is 6.86. The fourth-order valence-corrected chi connectivity index (χ4v) is 2.32. The van der Waals surface area contributed by atoms with Gasteiger partial charge in [0.25, 0.3) is 5.91 Å². The Labute approximate surface area is 142 Å². The first-order chi connectivity index (χ1) is 11.3. The molecule has 0 aliphatic rings. The molecule has 5 nitrogen and oxygen atoms in total. The molecule has 1 atom stereocenters. The minimum Gasteiger partial charge on any atom is -0.367 e. The lowest BCUT2D eigenvalue weighted by Gasteiger charge is -2.28. The SMILES string of the molecule is C[C@@](NC(=O)c1ccc(F)c(C#N)c1)(C(N)=O)c1cccc(Cl)c1. The van der Waals surface area contributed by atoms with Gasteiger partial charge in [0.2, 0.25) is 5.91 Å². The highest BCUT2D eigenvalue weighted by Crippen LogP contribution is 2.24. The molecule has 0 spiro atoms. The number of hydrogen-bond donors (Lipinski definition) is 2. The number of primary amides is 1. The topological polar surface area (TPSA) is 96.0 Å². The van der Waals surface area contributed by atoms with Crippen LogP contribution in [0.2, 0.25) is 5.02 Å². The minimum atomic E-state index is -1.52. The van der Waals surface area contributed by atoms with Gasteiger partial charge in [-0.25, -0.2) is 4.39 Å². The van der Waals surface area contributed by atoms with Crippen molar-refractivity contribution in [1.82, 2.24) is 5.32 Å². The summed E-state index contributed by atoms with van der Waals surface area (Å²) >= 11 is 5.92. The van der Waals surface area contributed by atoms with Crippen molar-refractivity contribution in [1.29, 1.82) is 5.26 Å². The van der Waals surface area contributed by atoms with Crippen molar-refractivity contribution in [2.75, 3.05) is 0 Å². The number of nitriles is 1. The van der Waals surface area contributed by atoms with Crippen LogP contribution in [-0.4, -0.2) is 11.8 Å². The largest absolute Gasteiger partial charge is 0.367 e. The highest BCUT2D eigenvalue weighted by molar-refractivity contribution is 6.30. The van der Waals surface area contributed by atoms with E-state index in [0.717, 1.165) is 12.1 Å². The van der Waals surface area contributed by atoms with Gasteiger partial charge in [-0.05, 0) is 42.8 Å². The maximum absolute atomic E-state index is 13.4. The summed E-state index contributed by atoms with van der Waals surface area (Å²) in [5, 5.41) is 11.7. The Morgan fingerprint density at radius 3 is 2.58 bits per heavy atom. The molecule has 0 heterocycles. The summed E-state index contributed by atoms with van der Waals surface area (Å²) < 4.78 is 13.4. The minimum absolute atomic E-state index is 0.0300. The van der Waals surface area contributed by atoms with Crippen molar-refractivity contribution < 1.29 is 14.0 Å². The average Bonchev–Trinajstić information content (AvgIpc) is 2.54. The monoisotopic (exact) mass is 345 g/mol. The van der Waals surface area contributed by atoms with Gasteiger partial charge in [0.05, 0.1) is 5.56 Å². The molecule has 2 aromatic rings. The van der Waals surface area contributed by atoms with E-state index in [1.165, 1.54) is 19.1 Å². The van der Waals surface area contributed by atoms with Crippen LogP contribution in [0, 0.1) is 17.1 Å². The zero-order valence-electron chi connectivity index (χ0n) is 12.6. The van der Waals surface area contributed by atoms with Crippen LogP contribution in [0.25, 0.3) is 0 Å². The Kier molecular flexibility index (Phi) is 4.86. The summed E-state index contributed by atoms with van der Waals surface area (Å²) in [7, 11) is 0. The highest BCUT2D eigenvalue weighted by atomic mass is 35.5. The number of nitrogens with one attached hydrogen (secondary N) is 1. The molecule has 0 saturated carbocycles. The van der Waals surface area contributed by atoms with Crippen molar-refractivity contribution in [2.24, 2.45) is 5.73 Å². The Morgan fingerprint density at radius 2 is 2.00 bits per heavy atom. The fraction of sp³-hybridized carbons (Fsp3) is 0.118. The van der Waals surface area contributed by atoms with Crippen LogP contribution in [0.15, 0.2) is 42.5 Å². The molecule has 0 fully saturated rings. The lowest BCUT2D eigenvalue weighted by Crippen LogP contribution is -2.52. The molecule has 2 rings (SSSR count). The molecule has 122 valence electrons. The van der Waals surface area contributed by atoms with E-state index in [4.69, 9.17) is 22.6 Å². The maximum Gasteiger partial charge on any atom is 0.252 e. The number of carbonyl (C=O) groups excluding carboxylic acids is 2. The zero-order chi connectivity index (χ0) is 17.9. The highest BCUT2D eigenvalue weighted by Gasteiger charge is 2.35. The molecular weight excluding hydrogens is 333 g/mol. The molecule has 0 radical (unpaired) electrons. The molecule has 0 saturated heterocycles. The summed E-state index contributed by atoms with van der Waals surface area (Å²) in [6, 6.07) is 11.3. The fourth-order valence-electron chi connectivity index (χ4n) is 2.13. The number of hydrogen-bond acceptors (Lipinski definition) is 3. The van der Waals surface area contributed by atoms with Crippen LogP contribution in [0.1, 0.15) is 28.4 Å². The van der Waals surface area contributed by atoms with E-state index < -0.39 is 23.2 Å². The molecule has 0 aliphatic heterocycles.